The number of nitrogens with one attached hydrogen (secondary N) is 1. The fourth-order valence-corrected chi connectivity index (χ4v) is 3.14. The zero-order valence-corrected chi connectivity index (χ0v) is 13.3. The molecule has 24 heavy (non-hydrogen) atoms. The lowest BCUT2D eigenvalue weighted by Crippen LogP contribution is -2.24. The second-order valence-electron chi connectivity index (χ2n) is 5.95. The van der Waals surface area contributed by atoms with Crippen molar-refractivity contribution in [1.82, 2.24) is 9.97 Å². The lowest BCUT2D eigenvalue weighted by atomic mass is 10.1. The van der Waals surface area contributed by atoms with Crippen molar-refractivity contribution in [2.45, 2.75) is 19.4 Å². The summed E-state index contributed by atoms with van der Waals surface area (Å²) in [6.45, 7) is 2.19. The van der Waals surface area contributed by atoms with E-state index in [2.05, 4.69) is 45.3 Å². The average Bonchev–Trinajstić information content (AvgIpc) is 2.93. The van der Waals surface area contributed by atoms with Crippen molar-refractivity contribution in [1.29, 1.82) is 0 Å². The van der Waals surface area contributed by atoms with E-state index in [4.69, 9.17) is 0 Å². The van der Waals surface area contributed by atoms with Crippen LogP contribution in [0.5, 0.6) is 0 Å². The van der Waals surface area contributed by atoms with E-state index in [1.165, 1.54) is 23.4 Å². The summed E-state index contributed by atoms with van der Waals surface area (Å²) in [4.78, 5) is 10.9. The van der Waals surface area contributed by atoms with Gasteiger partial charge in [-0.05, 0) is 49.2 Å². The topological polar surface area (TPSA) is 41.0 Å². The lowest BCUT2D eigenvalue weighted by Gasteiger charge is -2.24. The van der Waals surface area contributed by atoms with Gasteiger partial charge in [0.2, 0.25) is 0 Å². The number of halogens is 1. The van der Waals surface area contributed by atoms with Gasteiger partial charge in [-0.3, -0.25) is 0 Å². The van der Waals surface area contributed by atoms with E-state index in [1.807, 2.05) is 12.1 Å². The molecule has 4 rings (SSSR count). The molecule has 1 aliphatic heterocycles. The number of benzene rings is 2. The molecule has 1 aliphatic rings. The number of hydrogen-bond donors (Lipinski definition) is 1. The van der Waals surface area contributed by atoms with Crippen LogP contribution in [0.1, 0.15) is 12.5 Å². The number of anilines is 4. The fourth-order valence-electron chi connectivity index (χ4n) is 3.14. The number of rotatable bonds is 3. The summed E-state index contributed by atoms with van der Waals surface area (Å²) in [7, 11) is 0. The molecule has 0 amide bonds. The first-order valence-corrected chi connectivity index (χ1v) is 7.92. The summed E-state index contributed by atoms with van der Waals surface area (Å²) >= 11 is 0. The number of nitrogens with zero attached hydrogens (tertiary/aromatic N) is 3. The number of fused-ring (bicyclic) bond motifs is 1. The molecule has 0 bridgehead atoms. The van der Waals surface area contributed by atoms with Gasteiger partial charge in [0.25, 0.3) is 0 Å². The second kappa shape index (κ2) is 5.92. The predicted octanol–water partition coefficient (Wildman–Crippen LogP) is 4.44. The van der Waals surface area contributed by atoms with Gasteiger partial charge in [0, 0.05) is 23.5 Å². The second-order valence-corrected chi connectivity index (χ2v) is 5.95. The van der Waals surface area contributed by atoms with Crippen LogP contribution >= 0.6 is 0 Å². The van der Waals surface area contributed by atoms with E-state index in [-0.39, 0.29) is 5.82 Å². The van der Waals surface area contributed by atoms with E-state index in [0.29, 0.717) is 11.9 Å². The summed E-state index contributed by atoms with van der Waals surface area (Å²) in [5.74, 6) is 1.28. The molecule has 2 heterocycles. The minimum absolute atomic E-state index is 0.258. The van der Waals surface area contributed by atoms with Crippen LogP contribution in [0.3, 0.4) is 0 Å². The van der Waals surface area contributed by atoms with E-state index < -0.39 is 0 Å². The van der Waals surface area contributed by atoms with Crippen molar-refractivity contribution in [2.75, 3.05) is 10.2 Å². The molecule has 0 radical (unpaired) electrons. The zero-order chi connectivity index (χ0) is 16.5. The summed E-state index contributed by atoms with van der Waals surface area (Å²) in [5, 5.41) is 3.19. The molecule has 120 valence electrons. The Morgan fingerprint density at radius 2 is 1.88 bits per heavy atom. The Bertz CT molecular complexity index is 863. The predicted molar refractivity (Wildman–Crippen MR) is 93.5 cm³/mol. The van der Waals surface area contributed by atoms with Crippen LogP contribution in [0, 0.1) is 5.82 Å². The van der Waals surface area contributed by atoms with Gasteiger partial charge in [0.1, 0.15) is 23.8 Å². The summed E-state index contributed by atoms with van der Waals surface area (Å²) in [5.41, 5.74) is 3.31. The number of para-hydroxylation sites is 1. The molecule has 0 spiro atoms. The minimum Gasteiger partial charge on any atom is -0.340 e. The molecule has 0 saturated carbocycles. The van der Waals surface area contributed by atoms with Gasteiger partial charge >= 0.3 is 0 Å². The third kappa shape index (κ3) is 2.69. The molecule has 0 fully saturated rings. The molecule has 5 heteroatoms. The summed E-state index contributed by atoms with van der Waals surface area (Å²) < 4.78 is 13.0. The Kier molecular flexibility index (Phi) is 3.61. The summed E-state index contributed by atoms with van der Waals surface area (Å²) in [6.07, 6.45) is 2.55. The van der Waals surface area contributed by atoms with Gasteiger partial charge < -0.3 is 10.2 Å². The van der Waals surface area contributed by atoms with Crippen molar-refractivity contribution in [3.8, 4) is 0 Å². The first-order valence-electron chi connectivity index (χ1n) is 7.92. The van der Waals surface area contributed by atoms with E-state index in [1.54, 1.807) is 18.5 Å². The zero-order valence-electron chi connectivity index (χ0n) is 13.3. The largest absolute Gasteiger partial charge is 0.340 e. The maximum absolute atomic E-state index is 13.0. The van der Waals surface area contributed by atoms with Gasteiger partial charge in [-0.2, -0.15) is 0 Å². The van der Waals surface area contributed by atoms with E-state index >= 15 is 0 Å². The monoisotopic (exact) mass is 320 g/mol. The van der Waals surface area contributed by atoms with Crippen molar-refractivity contribution in [2.24, 2.45) is 0 Å². The highest BCUT2D eigenvalue weighted by Crippen LogP contribution is 2.37. The van der Waals surface area contributed by atoms with Crippen LogP contribution in [0.4, 0.5) is 27.4 Å². The molecular weight excluding hydrogens is 303 g/mol. The smallest absolute Gasteiger partial charge is 0.138 e. The maximum Gasteiger partial charge on any atom is 0.138 e. The Morgan fingerprint density at radius 3 is 2.71 bits per heavy atom. The highest BCUT2D eigenvalue weighted by molar-refractivity contribution is 5.70. The quantitative estimate of drug-likeness (QED) is 0.774. The molecule has 3 aromatic rings. The van der Waals surface area contributed by atoms with Crippen LogP contribution in [-0.4, -0.2) is 16.0 Å². The standard InChI is InChI=1S/C19H17FN4/c1-13-10-14-4-2-3-5-17(14)24(13)19-11-18(21-12-22-19)23-16-8-6-15(20)7-9-16/h2-9,11-13H,10H2,1H3,(H,21,22,23). The average molecular weight is 320 g/mol. The first kappa shape index (κ1) is 14.6. The third-order valence-electron chi connectivity index (χ3n) is 4.22. The number of aromatic nitrogens is 2. The van der Waals surface area contributed by atoms with Crippen molar-refractivity contribution in [3.05, 3.63) is 72.3 Å². The van der Waals surface area contributed by atoms with Crippen LogP contribution in [0.2, 0.25) is 0 Å². The van der Waals surface area contributed by atoms with Gasteiger partial charge in [-0.15, -0.1) is 0 Å². The van der Waals surface area contributed by atoms with E-state index in [9.17, 15) is 4.39 Å². The van der Waals surface area contributed by atoms with Crippen LogP contribution < -0.4 is 10.2 Å². The molecule has 0 saturated heterocycles. The fraction of sp³-hybridized carbons (Fsp3) is 0.158. The third-order valence-corrected chi connectivity index (χ3v) is 4.22. The molecule has 1 atom stereocenters. The van der Waals surface area contributed by atoms with Gasteiger partial charge in [0.05, 0.1) is 0 Å². The van der Waals surface area contributed by atoms with Gasteiger partial charge in [-0.25, -0.2) is 14.4 Å². The Hall–Kier alpha value is -2.95. The molecule has 2 aromatic carbocycles. The molecular formula is C19H17FN4. The van der Waals surface area contributed by atoms with Crippen molar-refractivity contribution >= 4 is 23.0 Å². The maximum atomic E-state index is 13.0. The van der Waals surface area contributed by atoms with Crippen LogP contribution in [0.25, 0.3) is 0 Å². The normalized spacial score (nSPS) is 16.1. The van der Waals surface area contributed by atoms with Gasteiger partial charge in [-0.1, -0.05) is 18.2 Å². The molecule has 1 aromatic heterocycles. The highest BCUT2D eigenvalue weighted by atomic mass is 19.1. The SMILES string of the molecule is CC1Cc2ccccc2N1c1cc(Nc2ccc(F)cc2)ncn1. The van der Waals surface area contributed by atoms with Crippen LogP contribution in [0.15, 0.2) is 60.9 Å². The van der Waals surface area contributed by atoms with E-state index in [0.717, 1.165) is 17.9 Å². The molecule has 1 unspecified atom stereocenters. The van der Waals surface area contributed by atoms with Crippen molar-refractivity contribution in [3.63, 3.8) is 0 Å². The molecule has 0 aliphatic carbocycles. The van der Waals surface area contributed by atoms with Gasteiger partial charge in [0.15, 0.2) is 0 Å². The van der Waals surface area contributed by atoms with Crippen LogP contribution in [-0.2, 0) is 6.42 Å². The molecule has 1 N–H and O–H groups in total. The summed E-state index contributed by atoms with van der Waals surface area (Å²) in [6, 6.07) is 16.9. The Morgan fingerprint density at radius 1 is 1.08 bits per heavy atom. The lowest BCUT2D eigenvalue weighted by molar-refractivity contribution is 0.628. The Balaban J connectivity index is 1.64. The minimum atomic E-state index is -0.258. The number of hydrogen-bond acceptors (Lipinski definition) is 4. The highest BCUT2D eigenvalue weighted by Gasteiger charge is 2.27. The first-order chi connectivity index (χ1) is 11.7. The molecule has 4 nitrogen and oxygen atoms in total. The Labute approximate surface area is 140 Å². The van der Waals surface area contributed by atoms with Crippen molar-refractivity contribution < 1.29 is 4.39 Å².